The summed E-state index contributed by atoms with van der Waals surface area (Å²) in [6.45, 7) is 4.58. The van der Waals surface area contributed by atoms with E-state index in [0.29, 0.717) is 12.2 Å². The molecule has 0 saturated carbocycles. The third kappa shape index (κ3) is 3.49. The van der Waals surface area contributed by atoms with Gasteiger partial charge in [0, 0.05) is 16.7 Å². The van der Waals surface area contributed by atoms with E-state index < -0.39 is 0 Å². The molecule has 0 aromatic heterocycles. The molecule has 0 unspecified atom stereocenters. The Hall–Kier alpha value is -2.53. The van der Waals surface area contributed by atoms with Crippen molar-refractivity contribution in [3.8, 4) is 17.6 Å². The van der Waals surface area contributed by atoms with Gasteiger partial charge in [-0.3, -0.25) is 4.79 Å². The van der Waals surface area contributed by atoms with Crippen LogP contribution in [0, 0.1) is 18.8 Å². The summed E-state index contributed by atoms with van der Waals surface area (Å²) in [5.41, 5.74) is 3.36. The summed E-state index contributed by atoms with van der Waals surface area (Å²) < 4.78 is 5.38. The maximum Gasteiger partial charge on any atom is 0.151 e. The van der Waals surface area contributed by atoms with Gasteiger partial charge in [-0.05, 0) is 49.7 Å². The minimum atomic E-state index is 0.619. The number of carbonyl (C=O) groups excluding carboxylic acids is 1. The molecule has 0 aliphatic rings. The van der Waals surface area contributed by atoms with Crippen molar-refractivity contribution in [2.45, 2.75) is 13.8 Å². The molecule has 2 nitrogen and oxygen atoms in total. The zero-order valence-electron chi connectivity index (χ0n) is 11.6. The normalized spacial score (nSPS) is 9.50. The lowest BCUT2D eigenvalue weighted by Crippen LogP contribution is -1.90. The first-order chi connectivity index (χ1) is 9.72. The van der Waals surface area contributed by atoms with Crippen molar-refractivity contribution >= 4 is 6.29 Å². The van der Waals surface area contributed by atoms with Crippen LogP contribution in [0.5, 0.6) is 5.75 Å². The first kappa shape index (κ1) is 13.9. The van der Waals surface area contributed by atoms with Crippen molar-refractivity contribution in [2.75, 3.05) is 6.61 Å². The Morgan fingerprint density at radius 3 is 2.50 bits per heavy atom. The molecule has 0 atom stereocenters. The fraction of sp³-hybridized carbons (Fsp3) is 0.167. The van der Waals surface area contributed by atoms with E-state index in [-0.39, 0.29) is 0 Å². The van der Waals surface area contributed by atoms with Crippen LogP contribution in [0.15, 0.2) is 42.5 Å². The Balaban J connectivity index is 2.26. The fourth-order valence-electron chi connectivity index (χ4n) is 1.82. The maximum atomic E-state index is 11.0. The van der Waals surface area contributed by atoms with Gasteiger partial charge >= 0.3 is 0 Å². The van der Waals surface area contributed by atoms with Gasteiger partial charge in [0.1, 0.15) is 5.75 Å². The predicted molar refractivity (Wildman–Crippen MR) is 80.2 cm³/mol. The highest BCUT2D eigenvalue weighted by Gasteiger charge is 1.98. The van der Waals surface area contributed by atoms with E-state index in [1.165, 1.54) is 0 Å². The van der Waals surface area contributed by atoms with Gasteiger partial charge in [-0.15, -0.1) is 0 Å². The summed E-state index contributed by atoms with van der Waals surface area (Å²) in [4.78, 5) is 11.0. The second-order valence-electron chi connectivity index (χ2n) is 4.42. The molecule has 0 aliphatic carbocycles. The molecule has 2 heteroatoms. The molecular formula is C18H16O2. The quantitative estimate of drug-likeness (QED) is 0.625. The zero-order valence-corrected chi connectivity index (χ0v) is 11.6. The van der Waals surface area contributed by atoms with Gasteiger partial charge in [-0.2, -0.15) is 0 Å². The molecule has 2 aromatic carbocycles. The lowest BCUT2D eigenvalue weighted by molar-refractivity contribution is 0.112. The zero-order chi connectivity index (χ0) is 14.4. The molecule has 20 heavy (non-hydrogen) atoms. The van der Waals surface area contributed by atoms with Gasteiger partial charge < -0.3 is 4.74 Å². The predicted octanol–water partition coefficient (Wildman–Crippen LogP) is 3.61. The molecule has 100 valence electrons. The van der Waals surface area contributed by atoms with Gasteiger partial charge in [0.15, 0.2) is 6.29 Å². The average Bonchev–Trinajstić information content (AvgIpc) is 2.47. The highest BCUT2D eigenvalue weighted by molar-refractivity contribution is 5.79. The summed E-state index contributed by atoms with van der Waals surface area (Å²) in [5, 5.41) is 0. The van der Waals surface area contributed by atoms with Gasteiger partial charge in [0.2, 0.25) is 0 Å². The third-order valence-electron chi connectivity index (χ3n) is 2.84. The van der Waals surface area contributed by atoms with Crippen LogP contribution in [0.2, 0.25) is 0 Å². The molecule has 0 bridgehead atoms. The van der Waals surface area contributed by atoms with Crippen LogP contribution in [-0.4, -0.2) is 12.9 Å². The number of rotatable bonds is 3. The number of aryl methyl sites for hydroxylation is 1. The van der Waals surface area contributed by atoms with Crippen LogP contribution in [-0.2, 0) is 0 Å². The van der Waals surface area contributed by atoms with Gasteiger partial charge in [0.25, 0.3) is 0 Å². The van der Waals surface area contributed by atoms with Crippen molar-refractivity contribution < 1.29 is 9.53 Å². The Morgan fingerprint density at radius 1 is 1.10 bits per heavy atom. The summed E-state index contributed by atoms with van der Waals surface area (Å²) in [5.74, 6) is 6.95. The van der Waals surface area contributed by atoms with Crippen molar-refractivity contribution in [1.82, 2.24) is 0 Å². The van der Waals surface area contributed by atoms with Crippen LogP contribution < -0.4 is 4.74 Å². The molecule has 0 saturated heterocycles. The Kier molecular flexibility index (Phi) is 4.57. The molecule has 2 aromatic rings. The second-order valence-corrected chi connectivity index (χ2v) is 4.42. The molecule has 0 fully saturated rings. The number of ether oxygens (including phenoxy) is 1. The van der Waals surface area contributed by atoms with Crippen LogP contribution in [0.1, 0.15) is 34.0 Å². The second kappa shape index (κ2) is 6.58. The first-order valence-electron chi connectivity index (χ1n) is 6.53. The highest BCUT2D eigenvalue weighted by atomic mass is 16.5. The molecule has 0 amide bonds. The van der Waals surface area contributed by atoms with E-state index in [9.17, 15) is 4.79 Å². The number of hydrogen-bond acceptors (Lipinski definition) is 2. The summed E-state index contributed by atoms with van der Waals surface area (Å²) in [7, 11) is 0. The SMILES string of the molecule is CCOc1ccc(C#Cc2cc(C)ccc2C=O)cc1. The molecule has 0 spiro atoms. The number of benzene rings is 2. The van der Waals surface area contributed by atoms with Crippen LogP contribution in [0.4, 0.5) is 0 Å². The molecular weight excluding hydrogens is 248 g/mol. The number of carbonyl (C=O) groups is 1. The van der Waals surface area contributed by atoms with Crippen molar-refractivity contribution in [3.05, 3.63) is 64.7 Å². The third-order valence-corrected chi connectivity index (χ3v) is 2.84. The first-order valence-corrected chi connectivity index (χ1v) is 6.53. The maximum absolute atomic E-state index is 11.0. The average molecular weight is 264 g/mol. The van der Waals surface area contributed by atoms with E-state index in [2.05, 4.69) is 11.8 Å². The van der Waals surface area contributed by atoms with E-state index in [1.54, 1.807) is 6.07 Å². The number of hydrogen-bond donors (Lipinski definition) is 0. The lowest BCUT2D eigenvalue weighted by atomic mass is 10.1. The van der Waals surface area contributed by atoms with Gasteiger partial charge in [0.05, 0.1) is 6.61 Å². The van der Waals surface area contributed by atoms with Crippen molar-refractivity contribution in [2.24, 2.45) is 0 Å². The number of aldehydes is 1. The van der Waals surface area contributed by atoms with Crippen LogP contribution in [0.3, 0.4) is 0 Å². The molecule has 2 rings (SSSR count). The van der Waals surface area contributed by atoms with Crippen molar-refractivity contribution in [1.29, 1.82) is 0 Å². The molecule has 0 aliphatic heterocycles. The van der Waals surface area contributed by atoms with Crippen LogP contribution in [0.25, 0.3) is 0 Å². The van der Waals surface area contributed by atoms with E-state index in [1.807, 2.05) is 50.2 Å². The Bertz CT molecular complexity index is 658. The largest absolute Gasteiger partial charge is 0.494 e. The minimum Gasteiger partial charge on any atom is -0.494 e. The van der Waals surface area contributed by atoms with E-state index >= 15 is 0 Å². The van der Waals surface area contributed by atoms with E-state index in [4.69, 9.17) is 4.74 Å². The molecule has 0 N–H and O–H groups in total. The topological polar surface area (TPSA) is 26.3 Å². The minimum absolute atomic E-state index is 0.619. The summed E-state index contributed by atoms with van der Waals surface area (Å²) in [6, 6.07) is 13.2. The standard InChI is InChI=1S/C18H16O2/c1-3-20-18-10-6-15(7-11-18)5-9-16-12-14(2)4-8-17(16)13-19/h4,6-8,10-13H,3H2,1-2H3. The van der Waals surface area contributed by atoms with Gasteiger partial charge in [-0.1, -0.05) is 24.0 Å². The fourth-order valence-corrected chi connectivity index (χ4v) is 1.82. The summed E-state index contributed by atoms with van der Waals surface area (Å²) in [6.07, 6.45) is 0.835. The lowest BCUT2D eigenvalue weighted by Gasteiger charge is -2.01. The van der Waals surface area contributed by atoms with Crippen molar-refractivity contribution in [3.63, 3.8) is 0 Å². The Labute approximate surface area is 119 Å². The highest BCUT2D eigenvalue weighted by Crippen LogP contribution is 2.12. The molecule has 0 radical (unpaired) electrons. The van der Waals surface area contributed by atoms with Gasteiger partial charge in [-0.25, -0.2) is 0 Å². The smallest absolute Gasteiger partial charge is 0.151 e. The van der Waals surface area contributed by atoms with E-state index in [0.717, 1.165) is 28.7 Å². The monoisotopic (exact) mass is 264 g/mol. The summed E-state index contributed by atoms with van der Waals surface area (Å²) >= 11 is 0. The molecule has 0 heterocycles. The Morgan fingerprint density at radius 2 is 1.85 bits per heavy atom. The van der Waals surface area contributed by atoms with Crippen LogP contribution >= 0.6 is 0 Å².